The van der Waals surface area contributed by atoms with Crippen LogP contribution in [0.3, 0.4) is 0 Å². The van der Waals surface area contributed by atoms with Gasteiger partial charge in [-0.3, -0.25) is 19.2 Å². The van der Waals surface area contributed by atoms with E-state index in [9.17, 15) is 19.2 Å². The van der Waals surface area contributed by atoms with Gasteiger partial charge in [-0.1, -0.05) is 0 Å². The Morgan fingerprint density at radius 1 is 0.824 bits per heavy atom. The van der Waals surface area contributed by atoms with Crippen molar-refractivity contribution in [1.29, 1.82) is 0 Å². The van der Waals surface area contributed by atoms with E-state index in [-0.39, 0.29) is 0 Å². The largest absolute Gasteiger partial charge is 0.354 e. The number of hydrogen-bond acceptors (Lipinski definition) is 9. The van der Waals surface area contributed by atoms with Gasteiger partial charge in [-0.25, -0.2) is 0 Å². The predicted molar refractivity (Wildman–Crippen MR) is 44.8 cm³/mol. The monoisotopic (exact) mass is 245 g/mol. The molecule has 0 bridgehead atoms. The lowest BCUT2D eigenvalue weighted by molar-refractivity contribution is -0.194. The number of ketones is 4. The second kappa shape index (κ2) is 2.66. The third-order valence-electron chi connectivity index (χ3n) is 3.05. The van der Waals surface area contributed by atoms with Crippen LogP contribution in [0, 0.1) is 5.92 Å². The lowest BCUT2D eigenvalue weighted by Crippen LogP contribution is -2.60. The molecular formula is C8H7NO8. The van der Waals surface area contributed by atoms with Gasteiger partial charge < -0.3 is 26.2 Å². The second-order valence-electron chi connectivity index (χ2n) is 4.03. The summed E-state index contributed by atoms with van der Waals surface area (Å²) < 4.78 is 0. The zero-order chi connectivity index (χ0) is 13.4. The first-order valence-corrected chi connectivity index (χ1v) is 4.37. The maximum atomic E-state index is 11.4. The molecule has 0 spiro atoms. The summed E-state index contributed by atoms with van der Waals surface area (Å²) in [5, 5.41) is 36.5. The summed E-state index contributed by atoms with van der Waals surface area (Å²) in [6.07, 6.45) is 0. The van der Waals surface area contributed by atoms with Crippen LogP contribution in [0.2, 0.25) is 0 Å². The van der Waals surface area contributed by atoms with E-state index in [0.717, 1.165) is 0 Å². The number of fused-ring (bicyclic) bond motifs is 1. The zero-order valence-electron chi connectivity index (χ0n) is 8.08. The number of aliphatic hydroxyl groups is 4. The summed E-state index contributed by atoms with van der Waals surface area (Å²) in [6, 6.07) is 0. The highest BCUT2D eigenvalue weighted by molar-refractivity contribution is 6.43. The van der Waals surface area contributed by atoms with Crippen molar-refractivity contribution in [2.75, 3.05) is 0 Å². The summed E-state index contributed by atoms with van der Waals surface area (Å²) in [5.74, 6) is -16.6. The van der Waals surface area contributed by atoms with E-state index in [1.807, 2.05) is 0 Å². The molecule has 0 radical (unpaired) electrons. The maximum absolute atomic E-state index is 11.4. The Balaban J connectivity index is 2.72. The summed E-state index contributed by atoms with van der Waals surface area (Å²) in [4.78, 5) is 45.6. The quantitative estimate of drug-likeness (QED) is 0.206. The normalized spacial score (nSPS) is 38.8. The van der Waals surface area contributed by atoms with Crippen LogP contribution in [0.4, 0.5) is 0 Å². The summed E-state index contributed by atoms with van der Waals surface area (Å²) >= 11 is 0. The molecule has 0 aromatic rings. The average molecular weight is 245 g/mol. The van der Waals surface area contributed by atoms with Crippen molar-refractivity contribution < 1.29 is 39.6 Å². The molecule has 0 amide bonds. The average Bonchev–Trinajstić information content (AvgIpc) is 2.45. The van der Waals surface area contributed by atoms with Gasteiger partial charge >= 0.3 is 0 Å². The SMILES string of the molecule is NC12C(=O)C(O)(O)C(=O)C1C(=O)C(O)(O)C2=O. The van der Waals surface area contributed by atoms with Crippen molar-refractivity contribution in [3.63, 3.8) is 0 Å². The van der Waals surface area contributed by atoms with Gasteiger partial charge in [0.2, 0.25) is 23.1 Å². The highest BCUT2D eigenvalue weighted by atomic mass is 16.5. The van der Waals surface area contributed by atoms with Crippen molar-refractivity contribution >= 4 is 23.1 Å². The summed E-state index contributed by atoms with van der Waals surface area (Å²) in [7, 11) is 0. The number of hydrogen-bond donors (Lipinski definition) is 5. The molecular weight excluding hydrogens is 238 g/mol. The van der Waals surface area contributed by atoms with E-state index in [2.05, 4.69) is 0 Å². The van der Waals surface area contributed by atoms with Gasteiger partial charge in [0.05, 0.1) is 0 Å². The van der Waals surface area contributed by atoms with Gasteiger partial charge in [0.1, 0.15) is 5.92 Å². The molecule has 2 aliphatic carbocycles. The van der Waals surface area contributed by atoms with E-state index < -0.39 is 46.2 Å². The first-order valence-electron chi connectivity index (χ1n) is 4.37. The minimum Gasteiger partial charge on any atom is -0.354 e. The molecule has 0 saturated heterocycles. The molecule has 2 fully saturated rings. The van der Waals surface area contributed by atoms with Crippen molar-refractivity contribution in [3.8, 4) is 0 Å². The maximum Gasteiger partial charge on any atom is 0.288 e. The number of carbonyl (C=O) groups is 4. The van der Waals surface area contributed by atoms with Crippen LogP contribution in [0.1, 0.15) is 0 Å². The van der Waals surface area contributed by atoms with Crippen LogP contribution < -0.4 is 5.73 Å². The van der Waals surface area contributed by atoms with Crippen molar-refractivity contribution in [3.05, 3.63) is 0 Å². The Kier molecular flexibility index (Phi) is 1.87. The number of nitrogens with two attached hydrogens (primary N) is 1. The molecule has 92 valence electrons. The molecule has 0 aliphatic heterocycles. The van der Waals surface area contributed by atoms with Gasteiger partial charge in [-0.2, -0.15) is 0 Å². The molecule has 0 atom stereocenters. The molecule has 2 saturated carbocycles. The summed E-state index contributed by atoms with van der Waals surface area (Å²) in [6.45, 7) is 0. The molecule has 0 unspecified atom stereocenters. The Hall–Kier alpha value is -1.52. The molecule has 0 aromatic heterocycles. The molecule has 9 heteroatoms. The lowest BCUT2D eigenvalue weighted by atomic mass is 9.89. The van der Waals surface area contributed by atoms with Crippen molar-refractivity contribution in [2.24, 2.45) is 11.7 Å². The van der Waals surface area contributed by atoms with E-state index in [1.165, 1.54) is 0 Å². The molecule has 0 heterocycles. The van der Waals surface area contributed by atoms with Crippen LogP contribution >= 0.6 is 0 Å². The Morgan fingerprint density at radius 2 is 1.12 bits per heavy atom. The topological polar surface area (TPSA) is 175 Å². The van der Waals surface area contributed by atoms with E-state index >= 15 is 0 Å². The van der Waals surface area contributed by atoms with Crippen LogP contribution in [0.25, 0.3) is 0 Å². The van der Waals surface area contributed by atoms with E-state index in [0.29, 0.717) is 0 Å². The Labute approximate surface area is 92.4 Å². The highest BCUT2D eigenvalue weighted by Crippen LogP contribution is 2.43. The molecule has 17 heavy (non-hydrogen) atoms. The third kappa shape index (κ3) is 0.960. The standard InChI is InChI=1S/C8H7NO8/c9-6-1(2(10)7(14,15)4(6)12)3(11)8(16,17)5(6)13/h1,14-17H,9H2. The van der Waals surface area contributed by atoms with Crippen molar-refractivity contribution in [2.45, 2.75) is 17.1 Å². The number of rotatable bonds is 0. The van der Waals surface area contributed by atoms with Crippen LogP contribution in [-0.4, -0.2) is 60.7 Å². The fourth-order valence-corrected chi connectivity index (χ4v) is 2.10. The Morgan fingerprint density at radius 3 is 1.35 bits per heavy atom. The van der Waals surface area contributed by atoms with Gasteiger partial charge in [-0.05, 0) is 0 Å². The molecule has 6 N–H and O–H groups in total. The predicted octanol–water partition coefficient (Wildman–Crippen LogP) is -5.03. The van der Waals surface area contributed by atoms with Crippen LogP contribution in [0.5, 0.6) is 0 Å². The zero-order valence-corrected chi connectivity index (χ0v) is 8.08. The first kappa shape index (κ1) is 12.0. The molecule has 2 aliphatic rings. The second-order valence-corrected chi connectivity index (χ2v) is 4.03. The summed E-state index contributed by atoms with van der Waals surface area (Å²) in [5.41, 5.74) is 2.26. The van der Waals surface area contributed by atoms with Gasteiger partial charge in [0, 0.05) is 0 Å². The van der Waals surface area contributed by atoms with Crippen LogP contribution in [-0.2, 0) is 19.2 Å². The van der Waals surface area contributed by atoms with Gasteiger partial charge in [-0.15, -0.1) is 0 Å². The first-order chi connectivity index (χ1) is 7.50. The highest BCUT2D eigenvalue weighted by Gasteiger charge is 2.81. The van der Waals surface area contributed by atoms with Crippen molar-refractivity contribution in [1.82, 2.24) is 0 Å². The minimum absolute atomic E-state index is 1.74. The lowest BCUT2D eigenvalue weighted by Gasteiger charge is -2.20. The Bertz CT molecular complexity index is 450. The minimum atomic E-state index is -3.57. The van der Waals surface area contributed by atoms with E-state index in [4.69, 9.17) is 26.2 Å². The number of Topliss-reactive ketones (excluding diaryl/α,β-unsaturated/α-hetero) is 4. The molecule has 0 aromatic carbocycles. The third-order valence-corrected chi connectivity index (χ3v) is 3.05. The fourth-order valence-electron chi connectivity index (χ4n) is 2.10. The number of carbonyl (C=O) groups excluding carboxylic acids is 4. The van der Waals surface area contributed by atoms with Gasteiger partial charge in [0.15, 0.2) is 5.54 Å². The smallest absolute Gasteiger partial charge is 0.288 e. The van der Waals surface area contributed by atoms with Crippen LogP contribution in [0.15, 0.2) is 0 Å². The van der Waals surface area contributed by atoms with E-state index in [1.54, 1.807) is 0 Å². The fraction of sp³-hybridized carbons (Fsp3) is 0.500. The molecule has 9 nitrogen and oxygen atoms in total. The van der Waals surface area contributed by atoms with Gasteiger partial charge in [0.25, 0.3) is 11.6 Å². The molecule has 2 rings (SSSR count).